The molecule has 5 heteroatoms. The van der Waals surface area contributed by atoms with Crippen molar-refractivity contribution in [2.24, 2.45) is 0 Å². The molecular weight excluding hydrogens is 298 g/mol. The van der Waals surface area contributed by atoms with Gasteiger partial charge in [0.25, 0.3) is 0 Å². The first kappa shape index (κ1) is 13.0. The Bertz CT molecular complexity index is 342. The van der Waals surface area contributed by atoms with Crippen molar-refractivity contribution in [3.05, 3.63) is 21.3 Å². The molecule has 1 aromatic rings. The van der Waals surface area contributed by atoms with E-state index in [1.165, 1.54) is 11.3 Å². The maximum Gasteiger partial charge on any atom is 0.236 e. The average molecular weight is 311 g/mol. The first-order chi connectivity index (χ1) is 7.04. The normalized spacial score (nSPS) is 12.5. The molecule has 0 aliphatic carbocycles. The summed E-state index contributed by atoms with van der Waals surface area (Å²) in [5.41, 5.74) is 0. The number of hydrogen-bond donors (Lipinski definition) is 0. The summed E-state index contributed by atoms with van der Waals surface area (Å²) in [6.07, 6.45) is 0.800. The number of nitrogens with zero attached hydrogens (tertiary/aromatic N) is 1. The maximum absolute atomic E-state index is 11.7. The molecule has 1 aromatic heterocycles. The zero-order valence-electron chi connectivity index (χ0n) is 8.67. The fraction of sp³-hybridized carbons (Fsp3) is 0.500. The van der Waals surface area contributed by atoms with E-state index in [4.69, 9.17) is 11.6 Å². The van der Waals surface area contributed by atoms with Crippen LogP contribution < -0.4 is 0 Å². The number of amides is 1. The van der Waals surface area contributed by atoms with E-state index in [-0.39, 0.29) is 10.7 Å². The van der Waals surface area contributed by atoms with Gasteiger partial charge in [-0.3, -0.25) is 4.79 Å². The van der Waals surface area contributed by atoms with Crippen LogP contribution in [0.1, 0.15) is 18.2 Å². The van der Waals surface area contributed by atoms with Gasteiger partial charge < -0.3 is 4.90 Å². The molecule has 1 rings (SSSR count). The van der Waals surface area contributed by atoms with Crippen molar-refractivity contribution in [3.63, 3.8) is 0 Å². The Hall–Kier alpha value is -0.0600. The number of rotatable bonds is 4. The van der Waals surface area contributed by atoms with Crippen molar-refractivity contribution >= 4 is 44.8 Å². The maximum atomic E-state index is 11.7. The van der Waals surface area contributed by atoms with E-state index in [1.54, 1.807) is 11.9 Å². The molecule has 1 amide bonds. The minimum Gasteiger partial charge on any atom is -0.340 e. The quantitative estimate of drug-likeness (QED) is 0.779. The molecule has 0 fully saturated rings. The lowest BCUT2D eigenvalue weighted by Gasteiger charge is -2.18. The van der Waals surface area contributed by atoms with E-state index in [0.717, 1.165) is 15.6 Å². The van der Waals surface area contributed by atoms with Crippen molar-refractivity contribution in [2.45, 2.75) is 24.7 Å². The Labute approximate surface area is 107 Å². The van der Waals surface area contributed by atoms with Gasteiger partial charge in [0.1, 0.15) is 0 Å². The third-order valence-electron chi connectivity index (χ3n) is 2.02. The van der Waals surface area contributed by atoms with Gasteiger partial charge in [-0.2, -0.15) is 0 Å². The highest BCUT2D eigenvalue weighted by Crippen LogP contribution is 2.23. The molecule has 15 heavy (non-hydrogen) atoms. The Morgan fingerprint density at radius 3 is 2.80 bits per heavy atom. The molecule has 0 N–H and O–H groups in total. The number of thiophene rings is 1. The third kappa shape index (κ3) is 3.78. The molecule has 0 aromatic carbocycles. The van der Waals surface area contributed by atoms with Gasteiger partial charge in [0.05, 0.1) is 15.7 Å². The summed E-state index contributed by atoms with van der Waals surface area (Å²) in [6.45, 7) is 2.60. The zero-order chi connectivity index (χ0) is 11.4. The minimum absolute atomic E-state index is 0.0852. The lowest BCUT2D eigenvalue weighted by molar-refractivity contribution is -0.129. The van der Waals surface area contributed by atoms with Crippen LogP contribution in [0.3, 0.4) is 0 Å². The number of carbonyl (C=O) groups excluding carboxylic acids is 1. The van der Waals surface area contributed by atoms with E-state index >= 15 is 0 Å². The smallest absolute Gasteiger partial charge is 0.236 e. The van der Waals surface area contributed by atoms with Crippen LogP contribution in [0.5, 0.6) is 0 Å². The lowest BCUT2D eigenvalue weighted by atomic mass is 10.3. The monoisotopic (exact) mass is 309 g/mol. The summed E-state index contributed by atoms with van der Waals surface area (Å²) in [7, 11) is 1.81. The topological polar surface area (TPSA) is 20.3 Å². The summed E-state index contributed by atoms with van der Waals surface area (Å²) in [6, 6.07) is 3.80. The van der Waals surface area contributed by atoms with Crippen molar-refractivity contribution in [1.29, 1.82) is 0 Å². The van der Waals surface area contributed by atoms with Gasteiger partial charge in [0, 0.05) is 11.9 Å². The van der Waals surface area contributed by atoms with Crippen molar-refractivity contribution in [3.8, 4) is 0 Å². The van der Waals surface area contributed by atoms with Crippen LogP contribution in [0.2, 0.25) is 4.34 Å². The van der Waals surface area contributed by atoms with Crippen LogP contribution in [0.15, 0.2) is 12.1 Å². The molecule has 2 nitrogen and oxygen atoms in total. The molecular formula is C10H13BrClNOS. The van der Waals surface area contributed by atoms with E-state index in [2.05, 4.69) is 15.9 Å². The Morgan fingerprint density at radius 1 is 1.67 bits per heavy atom. The molecule has 0 aliphatic heterocycles. The Kier molecular flexibility index (Phi) is 5.09. The standard InChI is InChI=1S/C10H13BrClNOS/c1-3-8(11)10(14)13(2)6-7-4-5-9(12)15-7/h4-5,8H,3,6H2,1-2H3. The second kappa shape index (κ2) is 5.87. The van der Waals surface area contributed by atoms with E-state index in [9.17, 15) is 4.79 Å². The molecule has 84 valence electrons. The van der Waals surface area contributed by atoms with Gasteiger partial charge in [-0.15, -0.1) is 11.3 Å². The molecule has 1 unspecified atom stereocenters. The number of carbonyl (C=O) groups is 1. The van der Waals surface area contributed by atoms with E-state index in [0.29, 0.717) is 6.54 Å². The second-order valence-electron chi connectivity index (χ2n) is 3.28. The van der Waals surface area contributed by atoms with E-state index in [1.807, 2.05) is 19.1 Å². The summed E-state index contributed by atoms with van der Waals surface area (Å²) in [5, 5.41) is 0. The van der Waals surface area contributed by atoms with Crippen molar-refractivity contribution in [2.75, 3.05) is 7.05 Å². The molecule has 0 radical (unpaired) electrons. The van der Waals surface area contributed by atoms with E-state index < -0.39 is 0 Å². The van der Waals surface area contributed by atoms with Gasteiger partial charge >= 0.3 is 0 Å². The van der Waals surface area contributed by atoms with Crippen LogP contribution >= 0.6 is 38.9 Å². The molecule has 0 aliphatic rings. The van der Waals surface area contributed by atoms with Gasteiger partial charge in [0.2, 0.25) is 5.91 Å². The predicted molar refractivity (Wildman–Crippen MR) is 68.8 cm³/mol. The average Bonchev–Trinajstić information content (AvgIpc) is 2.61. The fourth-order valence-corrected chi connectivity index (χ4v) is 2.65. The fourth-order valence-electron chi connectivity index (χ4n) is 1.16. The highest BCUT2D eigenvalue weighted by Gasteiger charge is 2.17. The third-order valence-corrected chi connectivity index (χ3v) is 4.28. The van der Waals surface area contributed by atoms with Gasteiger partial charge in [-0.05, 0) is 18.6 Å². The largest absolute Gasteiger partial charge is 0.340 e. The predicted octanol–water partition coefficient (Wildman–Crippen LogP) is 3.53. The number of halogens is 2. The van der Waals surface area contributed by atoms with Crippen LogP contribution in [0, 0.1) is 0 Å². The molecule has 0 bridgehead atoms. The van der Waals surface area contributed by atoms with Crippen LogP contribution in [-0.2, 0) is 11.3 Å². The summed E-state index contributed by atoms with van der Waals surface area (Å²) >= 11 is 10.7. The highest BCUT2D eigenvalue weighted by atomic mass is 79.9. The molecule has 0 saturated heterocycles. The van der Waals surface area contributed by atoms with Gasteiger partial charge in [-0.1, -0.05) is 34.5 Å². The van der Waals surface area contributed by atoms with Crippen LogP contribution in [0.25, 0.3) is 0 Å². The molecule has 1 atom stereocenters. The number of hydrogen-bond acceptors (Lipinski definition) is 2. The first-order valence-electron chi connectivity index (χ1n) is 4.67. The molecule has 1 heterocycles. The summed E-state index contributed by atoms with van der Waals surface area (Å²) in [5.74, 6) is 0.113. The summed E-state index contributed by atoms with van der Waals surface area (Å²) in [4.78, 5) is 14.5. The lowest BCUT2D eigenvalue weighted by Crippen LogP contribution is -2.32. The zero-order valence-corrected chi connectivity index (χ0v) is 11.8. The Morgan fingerprint density at radius 2 is 2.33 bits per heavy atom. The first-order valence-corrected chi connectivity index (χ1v) is 6.79. The van der Waals surface area contributed by atoms with Crippen LogP contribution in [-0.4, -0.2) is 22.7 Å². The summed E-state index contributed by atoms with van der Waals surface area (Å²) < 4.78 is 0.761. The van der Waals surface area contributed by atoms with Gasteiger partial charge in [0.15, 0.2) is 0 Å². The molecule has 0 spiro atoms. The Balaban J connectivity index is 2.55. The molecule has 0 saturated carbocycles. The highest BCUT2D eigenvalue weighted by molar-refractivity contribution is 9.10. The van der Waals surface area contributed by atoms with Crippen LogP contribution in [0.4, 0.5) is 0 Å². The second-order valence-corrected chi connectivity index (χ2v) is 6.18. The van der Waals surface area contributed by atoms with Gasteiger partial charge in [-0.25, -0.2) is 0 Å². The number of alkyl halides is 1. The minimum atomic E-state index is -0.0852. The SMILES string of the molecule is CCC(Br)C(=O)N(C)Cc1ccc(Cl)s1. The van der Waals surface area contributed by atoms with Crippen molar-refractivity contribution in [1.82, 2.24) is 4.90 Å². The van der Waals surface area contributed by atoms with Crippen molar-refractivity contribution < 1.29 is 4.79 Å².